The number of aliphatic hydroxyl groups excluding tert-OH is 1. The number of methoxy groups -OCH3 is 2. The van der Waals surface area contributed by atoms with Crippen LogP contribution in [0.4, 0.5) is 0 Å². The molecule has 4 nitrogen and oxygen atoms in total. The first kappa shape index (κ1) is 16.1. The number of likely N-dealkylation sites (tertiary alicyclic amines) is 1. The van der Waals surface area contributed by atoms with Crippen molar-refractivity contribution in [3.63, 3.8) is 0 Å². The lowest BCUT2D eigenvalue weighted by Crippen LogP contribution is -2.24. The van der Waals surface area contributed by atoms with Gasteiger partial charge in [-0.25, -0.2) is 0 Å². The van der Waals surface area contributed by atoms with Gasteiger partial charge in [0.25, 0.3) is 0 Å². The van der Waals surface area contributed by atoms with Gasteiger partial charge < -0.3 is 14.6 Å². The number of aliphatic hydroxyl groups is 1. The largest absolute Gasteiger partial charge is 0.497 e. The van der Waals surface area contributed by atoms with Gasteiger partial charge in [-0.1, -0.05) is 0 Å². The van der Waals surface area contributed by atoms with Crippen molar-refractivity contribution in [2.24, 2.45) is 0 Å². The van der Waals surface area contributed by atoms with Crippen molar-refractivity contribution < 1.29 is 14.6 Å². The molecule has 118 valence electrons. The summed E-state index contributed by atoms with van der Waals surface area (Å²) in [4.78, 5) is 2.54. The van der Waals surface area contributed by atoms with Crippen LogP contribution in [0.15, 0.2) is 18.2 Å². The van der Waals surface area contributed by atoms with Crippen LogP contribution in [-0.4, -0.2) is 43.9 Å². The number of unbranched alkanes of at least 4 members (excludes halogenated alkanes) is 2. The molecule has 0 unspecified atom stereocenters. The zero-order valence-corrected chi connectivity index (χ0v) is 13.2. The Bertz CT molecular complexity index is 436. The van der Waals surface area contributed by atoms with Crippen molar-refractivity contribution >= 4 is 0 Å². The number of nitrogens with zero attached hydrogens (tertiary/aromatic N) is 1. The molecule has 1 aliphatic heterocycles. The normalized spacial score (nSPS) is 18.9. The molecule has 1 aromatic carbocycles. The second-order valence-corrected chi connectivity index (χ2v) is 5.59. The topological polar surface area (TPSA) is 41.9 Å². The maximum atomic E-state index is 8.87. The lowest BCUT2D eigenvalue weighted by Gasteiger charge is -2.26. The molecule has 1 aliphatic rings. The Morgan fingerprint density at radius 1 is 1.19 bits per heavy atom. The minimum absolute atomic E-state index is 0.299. The molecule has 1 N–H and O–H groups in total. The minimum atomic E-state index is 0.299. The standard InChI is InChI=1S/C17H27NO3/c1-20-14-8-9-17(21-2)15(13-14)16-7-6-11-18(16)10-4-3-5-12-19/h8-9,13,16,19H,3-7,10-12H2,1-2H3/t16-/m1/s1. The first-order chi connectivity index (χ1) is 10.3. The summed E-state index contributed by atoms with van der Waals surface area (Å²) in [5.41, 5.74) is 1.23. The van der Waals surface area contributed by atoms with Crippen molar-refractivity contribution in [2.45, 2.75) is 38.1 Å². The third-order valence-corrected chi connectivity index (χ3v) is 4.26. The molecule has 0 aromatic heterocycles. The van der Waals surface area contributed by atoms with E-state index in [0.717, 1.165) is 43.9 Å². The van der Waals surface area contributed by atoms with Crippen molar-refractivity contribution in [1.29, 1.82) is 0 Å². The summed E-state index contributed by atoms with van der Waals surface area (Å²) in [6.45, 7) is 2.53. The van der Waals surface area contributed by atoms with Crippen LogP contribution in [0.5, 0.6) is 11.5 Å². The second kappa shape index (κ2) is 8.25. The van der Waals surface area contributed by atoms with Gasteiger partial charge in [0.05, 0.1) is 14.2 Å². The summed E-state index contributed by atoms with van der Waals surface area (Å²) in [6.07, 6.45) is 5.54. The van der Waals surface area contributed by atoms with E-state index >= 15 is 0 Å². The summed E-state index contributed by atoms with van der Waals surface area (Å²) >= 11 is 0. The Balaban J connectivity index is 2.07. The third kappa shape index (κ3) is 4.11. The summed E-state index contributed by atoms with van der Waals surface area (Å²) in [7, 11) is 3.43. The summed E-state index contributed by atoms with van der Waals surface area (Å²) < 4.78 is 10.9. The fourth-order valence-corrected chi connectivity index (χ4v) is 3.15. The summed E-state index contributed by atoms with van der Waals surface area (Å²) in [6, 6.07) is 6.47. The monoisotopic (exact) mass is 293 g/mol. The van der Waals surface area contributed by atoms with E-state index in [-0.39, 0.29) is 0 Å². The second-order valence-electron chi connectivity index (χ2n) is 5.59. The maximum absolute atomic E-state index is 8.87. The predicted molar refractivity (Wildman–Crippen MR) is 84.0 cm³/mol. The van der Waals surface area contributed by atoms with Crippen molar-refractivity contribution in [2.75, 3.05) is 33.9 Å². The van der Waals surface area contributed by atoms with E-state index in [2.05, 4.69) is 11.0 Å². The van der Waals surface area contributed by atoms with Crippen LogP contribution in [0.3, 0.4) is 0 Å². The van der Waals surface area contributed by atoms with E-state index in [1.807, 2.05) is 12.1 Å². The lowest BCUT2D eigenvalue weighted by atomic mass is 10.0. The van der Waals surface area contributed by atoms with Crippen LogP contribution >= 0.6 is 0 Å². The van der Waals surface area contributed by atoms with Crippen LogP contribution in [0.1, 0.15) is 43.7 Å². The Morgan fingerprint density at radius 2 is 2.05 bits per heavy atom. The van der Waals surface area contributed by atoms with E-state index in [1.165, 1.54) is 18.4 Å². The summed E-state index contributed by atoms with van der Waals surface area (Å²) in [5, 5.41) is 8.87. The molecule has 1 fully saturated rings. The molecule has 1 aromatic rings. The van der Waals surface area contributed by atoms with Gasteiger partial charge in [0.2, 0.25) is 0 Å². The zero-order chi connectivity index (χ0) is 15.1. The predicted octanol–water partition coefficient (Wildman–Crippen LogP) is 3.00. The van der Waals surface area contributed by atoms with Crippen LogP contribution in [0, 0.1) is 0 Å². The molecular weight excluding hydrogens is 266 g/mol. The number of benzene rings is 1. The van der Waals surface area contributed by atoms with Gasteiger partial charge in [-0.05, 0) is 63.4 Å². The molecule has 0 saturated carbocycles. The Kier molecular flexibility index (Phi) is 6.33. The molecule has 1 saturated heterocycles. The maximum Gasteiger partial charge on any atom is 0.123 e. The molecule has 2 rings (SSSR count). The number of ether oxygens (including phenoxy) is 2. The van der Waals surface area contributed by atoms with E-state index in [9.17, 15) is 0 Å². The number of hydrogen-bond donors (Lipinski definition) is 1. The molecule has 0 aliphatic carbocycles. The fraction of sp³-hybridized carbons (Fsp3) is 0.647. The summed E-state index contributed by atoms with van der Waals surface area (Å²) in [5.74, 6) is 1.83. The van der Waals surface area contributed by atoms with Gasteiger partial charge >= 0.3 is 0 Å². The first-order valence-corrected chi connectivity index (χ1v) is 7.87. The molecule has 21 heavy (non-hydrogen) atoms. The average molecular weight is 293 g/mol. The number of rotatable bonds is 8. The van der Waals surface area contributed by atoms with Crippen molar-refractivity contribution in [3.8, 4) is 11.5 Å². The van der Waals surface area contributed by atoms with Gasteiger partial charge in [0.15, 0.2) is 0 Å². The molecule has 1 heterocycles. The molecular formula is C17H27NO3. The first-order valence-electron chi connectivity index (χ1n) is 7.87. The van der Waals surface area contributed by atoms with Gasteiger partial charge in [0, 0.05) is 18.2 Å². The number of hydrogen-bond acceptors (Lipinski definition) is 4. The highest BCUT2D eigenvalue weighted by Crippen LogP contribution is 2.38. The van der Waals surface area contributed by atoms with E-state index in [4.69, 9.17) is 14.6 Å². The highest BCUT2D eigenvalue weighted by atomic mass is 16.5. The van der Waals surface area contributed by atoms with Gasteiger partial charge in [0.1, 0.15) is 11.5 Å². The fourth-order valence-electron chi connectivity index (χ4n) is 3.15. The zero-order valence-electron chi connectivity index (χ0n) is 13.2. The highest BCUT2D eigenvalue weighted by Gasteiger charge is 2.28. The molecule has 1 atom stereocenters. The Hall–Kier alpha value is -1.26. The molecule has 0 bridgehead atoms. The van der Waals surface area contributed by atoms with Crippen molar-refractivity contribution in [1.82, 2.24) is 4.90 Å². The van der Waals surface area contributed by atoms with E-state index in [0.29, 0.717) is 12.6 Å². The molecule has 0 amide bonds. The minimum Gasteiger partial charge on any atom is -0.497 e. The molecule has 4 heteroatoms. The Labute approximate surface area is 127 Å². The van der Waals surface area contributed by atoms with E-state index < -0.39 is 0 Å². The molecule has 0 radical (unpaired) electrons. The lowest BCUT2D eigenvalue weighted by molar-refractivity contribution is 0.236. The van der Waals surface area contributed by atoms with Gasteiger partial charge in [-0.3, -0.25) is 4.90 Å². The third-order valence-electron chi connectivity index (χ3n) is 4.26. The van der Waals surface area contributed by atoms with Gasteiger partial charge in [-0.15, -0.1) is 0 Å². The quantitative estimate of drug-likeness (QED) is 0.748. The van der Waals surface area contributed by atoms with Gasteiger partial charge in [-0.2, -0.15) is 0 Å². The van der Waals surface area contributed by atoms with Crippen LogP contribution in [-0.2, 0) is 0 Å². The van der Waals surface area contributed by atoms with Crippen LogP contribution < -0.4 is 9.47 Å². The van der Waals surface area contributed by atoms with E-state index in [1.54, 1.807) is 14.2 Å². The molecule has 0 spiro atoms. The van der Waals surface area contributed by atoms with Crippen LogP contribution in [0.2, 0.25) is 0 Å². The highest BCUT2D eigenvalue weighted by molar-refractivity contribution is 5.42. The van der Waals surface area contributed by atoms with Crippen molar-refractivity contribution in [3.05, 3.63) is 23.8 Å². The smallest absolute Gasteiger partial charge is 0.123 e. The average Bonchev–Trinajstić information content (AvgIpc) is 2.99. The SMILES string of the molecule is COc1ccc(OC)c([C@H]2CCCN2CCCCCO)c1. The van der Waals surface area contributed by atoms with Crippen LogP contribution in [0.25, 0.3) is 0 Å². The Morgan fingerprint density at radius 3 is 2.76 bits per heavy atom.